The summed E-state index contributed by atoms with van der Waals surface area (Å²) in [5.41, 5.74) is 1.34. The number of hydrogen-bond acceptors (Lipinski definition) is 2. The summed E-state index contributed by atoms with van der Waals surface area (Å²) in [7, 11) is 0. The van der Waals surface area contributed by atoms with Gasteiger partial charge in [-0.2, -0.15) is 11.8 Å². The van der Waals surface area contributed by atoms with Crippen molar-refractivity contribution in [3.05, 3.63) is 35.9 Å². The maximum Gasteiger partial charge on any atom is 0.223 e. The van der Waals surface area contributed by atoms with E-state index in [1.807, 2.05) is 17.8 Å². The number of carbonyl (C=O) groups is 1. The van der Waals surface area contributed by atoms with Crippen LogP contribution in [0.15, 0.2) is 30.3 Å². The summed E-state index contributed by atoms with van der Waals surface area (Å²) in [4.78, 5) is 14.1. The molecular weight excluding hydrogens is 254 g/mol. The standard InChI is InChI=1S/C16H23NOS/c18-16(17-11-6-1-2-7-12-17)10-13-19-14-15-8-4-3-5-9-15/h3-5,8-9H,1-2,6-7,10-14H2. The Morgan fingerprint density at radius 3 is 2.42 bits per heavy atom. The molecule has 0 unspecified atom stereocenters. The molecule has 0 atom stereocenters. The van der Waals surface area contributed by atoms with Crippen molar-refractivity contribution < 1.29 is 4.79 Å². The molecule has 1 aromatic carbocycles. The Labute approximate surface area is 120 Å². The molecule has 0 aromatic heterocycles. The van der Waals surface area contributed by atoms with Crippen LogP contribution in [-0.2, 0) is 10.5 Å². The zero-order chi connectivity index (χ0) is 13.3. The first-order valence-electron chi connectivity index (χ1n) is 7.26. The van der Waals surface area contributed by atoms with Gasteiger partial charge in [0.25, 0.3) is 0 Å². The van der Waals surface area contributed by atoms with Crippen molar-refractivity contribution >= 4 is 17.7 Å². The van der Waals surface area contributed by atoms with E-state index in [1.165, 1.54) is 31.2 Å². The van der Waals surface area contributed by atoms with Crippen molar-refractivity contribution in [3.63, 3.8) is 0 Å². The van der Waals surface area contributed by atoms with Crippen LogP contribution >= 0.6 is 11.8 Å². The van der Waals surface area contributed by atoms with E-state index >= 15 is 0 Å². The van der Waals surface area contributed by atoms with E-state index in [4.69, 9.17) is 0 Å². The average Bonchev–Trinajstić information content (AvgIpc) is 2.73. The summed E-state index contributed by atoms with van der Waals surface area (Å²) in [5, 5.41) is 0. The molecule has 1 saturated heterocycles. The number of thioether (sulfide) groups is 1. The first-order chi connectivity index (χ1) is 9.36. The fraction of sp³-hybridized carbons (Fsp3) is 0.562. The summed E-state index contributed by atoms with van der Waals surface area (Å²) in [6.45, 7) is 1.95. The van der Waals surface area contributed by atoms with Gasteiger partial charge < -0.3 is 4.90 Å². The van der Waals surface area contributed by atoms with Crippen LogP contribution in [0.3, 0.4) is 0 Å². The number of nitrogens with zero attached hydrogens (tertiary/aromatic N) is 1. The highest BCUT2D eigenvalue weighted by Crippen LogP contribution is 2.15. The van der Waals surface area contributed by atoms with E-state index < -0.39 is 0 Å². The molecule has 3 heteroatoms. The Morgan fingerprint density at radius 2 is 1.74 bits per heavy atom. The number of likely N-dealkylation sites (tertiary alicyclic amines) is 1. The summed E-state index contributed by atoms with van der Waals surface area (Å²) in [6.07, 6.45) is 5.63. The number of carbonyl (C=O) groups excluding carboxylic acids is 1. The van der Waals surface area contributed by atoms with Crippen LogP contribution in [0.4, 0.5) is 0 Å². The zero-order valence-electron chi connectivity index (χ0n) is 11.5. The topological polar surface area (TPSA) is 20.3 Å². The normalized spacial score (nSPS) is 16.1. The Kier molecular flexibility index (Phi) is 6.28. The molecule has 0 N–H and O–H groups in total. The molecule has 0 spiro atoms. The van der Waals surface area contributed by atoms with E-state index in [-0.39, 0.29) is 0 Å². The second kappa shape index (κ2) is 8.26. The molecule has 0 bridgehead atoms. The van der Waals surface area contributed by atoms with Gasteiger partial charge in [0, 0.05) is 31.0 Å². The molecule has 1 heterocycles. The summed E-state index contributed by atoms with van der Waals surface area (Å²) in [6, 6.07) is 10.5. The smallest absolute Gasteiger partial charge is 0.223 e. The monoisotopic (exact) mass is 277 g/mol. The van der Waals surface area contributed by atoms with Gasteiger partial charge in [0.2, 0.25) is 5.91 Å². The lowest BCUT2D eigenvalue weighted by Gasteiger charge is -2.20. The largest absolute Gasteiger partial charge is 0.343 e. The molecule has 0 saturated carbocycles. The minimum Gasteiger partial charge on any atom is -0.343 e. The SMILES string of the molecule is O=C(CCSCc1ccccc1)N1CCCCCC1. The molecule has 104 valence electrons. The Bertz CT molecular complexity index is 372. The van der Waals surface area contributed by atoms with Gasteiger partial charge in [0.05, 0.1) is 0 Å². The van der Waals surface area contributed by atoms with Gasteiger partial charge >= 0.3 is 0 Å². The van der Waals surface area contributed by atoms with Crippen LogP contribution in [0.2, 0.25) is 0 Å². The first kappa shape index (κ1) is 14.4. The van der Waals surface area contributed by atoms with Crippen molar-refractivity contribution in [3.8, 4) is 0 Å². The summed E-state index contributed by atoms with van der Waals surface area (Å²) < 4.78 is 0. The molecule has 0 radical (unpaired) electrons. The number of benzene rings is 1. The van der Waals surface area contributed by atoms with Crippen LogP contribution in [0.5, 0.6) is 0 Å². The van der Waals surface area contributed by atoms with Gasteiger partial charge in [-0.1, -0.05) is 43.2 Å². The second-order valence-corrected chi connectivity index (χ2v) is 6.19. The molecule has 1 aromatic rings. The maximum atomic E-state index is 12.1. The fourth-order valence-corrected chi connectivity index (χ4v) is 3.29. The first-order valence-corrected chi connectivity index (χ1v) is 8.41. The predicted molar refractivity (Wildman–Crippen MR) is 82.3 cm³/mol. The molecular formula is C16H23NOS. The average molecular weight is 277 g/mol. The molecule has 1 fully saturated rings. The summed E-state index contributed by atoms with van der Waals surface area (Å²) in [5.74, 6) is 2.29. The molecule has 1 aliphatic rings. The van der Waals surface area contributed by atoms with E-state index in [2.05, 4.69) is 29.2 Å². The van der Waals surface area contributed by atoms with Gasteiger partial charge in [-0.05, 0) is 18.4 Å². The van der Waals surface area contributed by atoms with Crippen molar-refractivity contribution in [2.24, 2.45) is 0 Å². The van der Waals surface area contributed by atoms with Gasteiger partial charge in [-0.25, -0.2) is 0 Å². The molecule has 2 rings (SSSR count). The molecule has 19 heavy (non-hydrogen) atoms. The minimum atomic E-state index is 0.350. The van der Waals surface area contributed by atoms with Gasteiger partial charge in [-0.3, -0.25) is 4.79 Å². The van der Waals surface area contributed by atoms with Crippen molar-refractivity contribution in [2.45, 2.75) is 37.9 Å². The van der Waals surface area contributed by atoms with E-state index in [0.29, 0.717) is 12.3 Å². The van der Waals surface area contributed by atoms with Crippen LogP contribution in [0.1, 0.15) is 37.7 Å². The predicted octanol–water partition coefficient (Wildman–Crippen LogP) is 3.71. The zero-order valence-corrected chi connectivity index (χ0v) is 12.3. The van der Waals surface area contributed by atoms with E-state index in [0.717, 1.165) is 24.6 Å². The van der Waals surface area contributed by atoms with Gasteiger partial charge in [0.1, 0.15) is 0 Å². The van der Waals surface area contributed by atoms with E-state index in [1.54, 1.807) is 0 Å². The molecule has 1 aliphatic heterocycles. The Balaban J connectivity index is 1.63. The third-order valence-corrected chi connectivity index (χ3v) is 4.56. The third-order valence-electron chi connectivity index (χ3n) is 3.53. The highest BCUT2D eigenvalue weighted by molar-refractivity contribution is 7.98. The number of rotatable bonds is 5. The van der Waals surface area contributed by atoms with E-state index in [9.17, 15) is 4.79 Å². The van der Waals surface area contributed by atoms with Crippen molar-refractivity contribution in [1.82, 2.24) is 4.90 Å². The Hall–Kier alpha value is -0.960. The van der Waals surface area contributed by atoms with Gasteiger partial charge in [0.15, 0.2) is 0 Å². The van der Waals surface area contributed by atoms with Gasteiger partial charge in [-0.15, -0.1) is 0 Å². The number of amides is 1. The van der Waals surface area contributed by atoms with Crippen LogP contribution in [-0.4, -0.2) is 29.6 Å². The highest BCUT2D eigenvalue weighted by atomic mass is 32.2. The second-order valence-electron chi connectivity index (χ2n) is 5.08. The lowest BCUT2D eigenvalue weighted by atomic mass is 10.2. The maximum absolute atomic E-state index is 12.1. The van der Waals surface area contributed by atoms with Crippen LogP contribution < -0.4 is 0 Å². The molecule has 1 amide bonds. The molecule has 2 nitrogen and oxygen atoms in total. The molecule has 0 aliphatic carbocycles. The summed E-state index contributed by atoms with van der Waals surface area (Å²) >= 11 is 1.86. The van der Waals surface area contributed by atoms with Crippen LogP contribution in [0.25, 0.3) is 0 Å². The fourth-order valence-electron chi connectivity index (χ4n) is 2.40. The van der Waals surface area contributed by atoms with Crippen molar-refractivity contribution in [2.75, 3.05) is 18.8 Å². The third kappa shape index (κ3) is 5.27. The van der Waals surface area contributed by atoms with Crippen LogP contribution in [0, 0.1) is 0 Å². The lowest BCUT2D eigenvalue weighted by molar-refractivity contribution is -0.130. The Morgan fingerprint density at radius 1 is 1.05 bits per heavy atom. The highest BCUT2D eigenvalue weighted by Gasteiger charge is 2.14. The lowest BCUT2D eigenvalue weighted by Crippen LogP contribution is -2.31. The minimum absolute atomic E-state index is 0.350. The quantitative estimate of drug-likeness (QED) is 0.765. The van der Waals surface area contributed by atoms with Crippen molar-refractivity contribution in [1.29, 1.82) is 0 Å². The number of hydrogen-bond donors (Lipinski definition) is 0.